The van der Waals surface area contributed by atoms with E-state index in [2.05, 4.69) is 21.2 Å². The van der Waals surface area contributed by atoms with Gasteiger partial charge in [0, 0.05) is 62.6 Å². The topological polar surface area (TPSA) is 55.5 Å². The Balaban J connectivity index is 1.44. The number of carbonyl (C=O) groups is 1. The fourth-order valence-electron chi connectivity index (χ4n) is 3.70. The van der Waals surface area contributed by atoms with Crippen LogP contribution in [-0.2, 0) is 0 Å². The Morgan fingerprint density at radius 1 is 1.03 bits per heavy atom. The average molecular weight is 424 g/mol. The van der Waals surface area contributed by atoms with Crippen LogP contribution in [0.5, 0.6) is 0 Å². The molecule has 0 radical (unpaired) electrons. The van der Waals surface area contributed by atoms with E-state index < -0.39 is 0 Å². The van der Waals surface area contributed by atoms with E-state index in [0.717, 1.165) is 54.4 Å². The zero-order valence-electron chi connectivity index (χ0n) is 17.3. The van der Waals surface area contributed by atoms with Gasteiger partial charge < -0.3 is 14.7 Å². The Kier molecular flexibility index (Phi) is 5.95. The van der Waals surface area contributed by atoms with Gasteiger partial charge in [0.2, 0.25) is 0 Å². The molecule has 4 rings (SSSR count). The molecule has 1 aliphatic heterocycles. The van der Waals surface area contributed by atoms with Gasteiger partial charge in [0.1, 0.15) is 0 Å². The molecule has 7 heteroatoms. The second kappa shape index (κ2) is 8.79. The Hall–Kier alpha value is -2.99. The van der Waals surface area contributed by atoms with Crippen molar-refractivity contribution < 1.29 is 4.79 Å². The number of nitrogens with one attached hydrogen (secondary N) is 1. The van der Waals surface area contributed by atoms with Crippen molar-refractivity contribution in [2.75, 3.05) is 50.1 Å². The quantitative estimate of drug-likeness (QED) is 0.685. The number of aromatic amines is 1. The molecule has 0 saturated carbocycles. The number of aromatic nitrogens is 2. The van der Waals surface area contributed by atoms with E-state index in [9.17, 15) is 4.79 Å². The molecule has 1 amide bonds. The number of halogens is 1. The summed E-state index contributed by atoms with van der Waals surface area (Å²) in [6.07, 6.45) is 0.905. The molecule has 2 aromatic carbocycles. The van der Waals surface area contributed by atoms with E-state index in [0.29, 0.717) is 11.6 Å². The summed E-state index contributed by atoms with van der Waals surface area (Å²) < 4.78 is 0. The number of hydrogen-bond donors (Lipinski definition) is 1. The van der Waals surface area contributed by atoms with Crippen LogP contribution in [0.2, 0.25) is 5.02 Å². The molecule has 2 heterocycles. The largest absolute Gasteiger partial charge is 0.378 e. The van der Waals surface area contributed by atoms with Gasteiger partial charge in [0.05, 0.1) is 5.69 Å². The van der Waals surface area contributed by atoms with Crippen molar-refractivity contribution in [3.05, 3.63) is 65.2 Å². The number of benzene rings is 2. The highest BCUT2D eigenvalue weighted by atomic mass is 35.5. The molecule has 0 atom stereocenters. The van der Waals surface area contributed by atoms with E-state index in [-0.39, 0.29) is 5.91 Å². The number of nitrogens with zero attached hydrogens (tertiary/aromatic N) is 4. The first-order valence-electron chi connectivity index (χ1n) is 10.1. The number of anilines is 2. The summed E-state index contributed by atoms with van der Waals surface area (Å²) >= 11 is 5.98. The second-order valence-corrected chi connectivity index (χ2v) is 8.16. The van der Waals surface area contributed by atoms with Crippen molar-refractivity contribution in [1.29, 1.82) is 0 Å². The summed E-state index contributed by atoms with van der Waals surface area (Å²) in [7, 11) is 3.96. The van der Waals surface area contributed by atoms with Gasteiger partial charge in [-0.25, -0.2) is 0 Å². The van der Waals surface area contributed by atoms with Crippen molar-refractivity contribution in [2.45, 2.75) is 6.42 Å². The normalized spacial score (nSPS) is 14.5. The third-order valence-corrected chi connectivity index (χ3v) is 5.69. The van der Waals surface area contributed by atoms with Gasteiger partial charge >= 0.3 is 0 Å². The zero-order valence-corrected chi connectivity index (χ0v) is 18.1. The summed E-state index contributed by atoms with van der Waals surface area (Å²) in [6.45, 7) is 3.04. The highest BCUT2D eigenvalue weighted by Crippen LogP contribution is 2.24. The summed E-state index contributed by atoms with van der Waals surface area (Å²) in [4.78, 5) is 19.2. The third-order valence-electron chi connectivity index (χ3n) is 5.44. The van der Waals surface area contributed by atoms with Gasteiger partial charge in [0.25, 0.3) is 5.91 Å². The van der Waals surface area contributed by atoms with E-state index in [1.165, 1.54) is 0 Å². The SMILES string of the molecule is CN(C)c1cccc(C(=O)N2CCCN(c3cc(-c4ccc(Cl)cc4)[nH]n3)CC2)c1. The molecule has 0 spiro atoms. The minimum absolute atomic E-state index is 0.0874. The maximum absolute atomic E-state index is 13.0. The van der Waals surface area contributed by atoms with Crippen molar-refractivity contribution in [3.8, 4) is 11.3 Å². The molecule has 30 heavy (non-hydrogen) atoms. The maximum Gasteiger partial charge on any atom is 0.253 e. The Morgan fingerprint density at radius 2 is 1.83 bits per heavy atom. The molecule has 1 saturated heterocycles. The van der Waals surface area contributed by atoms with Crippen LogP contribution in [0.25, 0.3) is 11.3 Å². The molecular weight excluding hydrogens is 398 g/mol. The van der Waals surface area contributed by atoms with Crippen LogP contribution in [0.1, 0.15) is 16.8 Å². The molecule has 0 unspecified atom stereocenters. The number of rotatable bonds is 4. The van der Waals surface area contributed by atoms with E-state index in [4.69, 9.17) is 11.6 Å². The average Bonchev–Trinajstić information content (AvgIpc) is 3.12. The number of amides is 1. The minimum Gasteiger partial charge on any atom is -0.378 e. The first-order chi connectivity index (χ1) is 14.5. The molecule has 1 N–H and O–H groups in total. The van der Waals surface area contributed by atoms with Crippen LogP contribution in [0, 0.1) is 0 Å². The third kappa shape index (κ3) is 4.44. The van der Waals surface area contributed by atoms with Crippen molar-refractivity contribution in [1.82, 2.24) is 15.1 Å². The molecule has 0 aliphatic carbocycles. The lowest BCUT2D eigenvalue weighted by molar-refractivity contribution is 0.0767. The zero-order chi connectivity index (χ0) is 21.1. The highest BCUT2D eigenvalue weighted by Gasteiger charge is 2.22. The monoisotopic (exact) mass is 423 g/mol. The molecule has 0 bridgehead atoms. The van der Waals surface area contributed by atoms with Crippen LogP contribution in [0.3, 0.4) is 0 Å². The number of carbonyl (C=O) groups excluding carboxylic acids is 1. The Labute approximate surface area is 182 Å². The van der Waals surface area contributed by atoms with Crippen LogP contribution in [0.15, 0.2) is 54.6 Å². The van der Waals surface area contributed by atoms with Crippen LogP contribution >= 0.6 is 11.6 Å². The number of H-pyrrole nitrogens is 1. The smallest absolute Gasteiger partial charge is 0.253 e. The van der Waals surface area contributed by atoms with Gasteiger partial charge in [-0.1, -0.05) is 29.8 Å². The first kappa shape index (κ1) is 20.3. The molecule has 1 aliphatic rings. The van der Waals surface area contributed by atoms with E-state index >= 15 is 0 Å². The summed E-state index contributed by atoms with van der Waals surface area (Å²) in [5.74, 6) is 0.994. The summed E-state index contributed by atoms with van der Waals surface area (Å²) in [5.41, 5.74) is 3.77. The van der Waals surface area contributed by atoms with Gasteiger partial charge in [-0.2, -0.15) is 5.10 Å². The number of hydrogen-bond acceptors (Lipinski definition) is 4. The predicted molar refractivity (Wildman–Crippen MR) is 123 cm³/mol. The standard InChI is InChI=1S/C23H26ClN5O/c1-27(2)20-6-3-5-18(15-20)23(30)29-12-4-11-28(13-14-29)22-16-21(25-26-22)17-7-9-19(24)10-8-17/h3,5-10,15-16H,4,11-14H2,1-2H3,(H,25,26). The maximum atomic E-state index is 13.0. The van der Waals surface area contributed by atoms with Gasteiger partial charge in [0.15, 0.2) is 5.82 Å². The lowest BCUT2D eigenvalue weighted by Gasteiger charge is -2.22. The predicted octanol–water partition coefficient (Wildman–Crippen LogP) is 4.15. The molecule has 6 nitrogen and oxygen atoms in total. The van der Waals surface area contributed by atoms with Crippen molar-refractivity contribution in [2.24, 2.45) is 0 Å². The molecule has 3 aromatic rings. The van der Waals surface area contributed by atoms with E-state index in [1.807, 2.05) is 72.4 Å². The van der Waals surface area contributed by atoms with Crippen molar-refractivity contribution in [3.63, 3.8) is 0 Å². The fraction of sp³-hybridized carbons (Fsp3) is 0.304. The fourth-order valence-corrected chi connectivity index (χ4v) is 3.83. The molecule has 156 valence electrons. The van der Waals surface area contributed by atoms with Crippen LogP contribution < -0.4 is 9.80 Å². The molecular formula is C23H26ClN5O. The highest BCUT2D eigenvalue weighted by molar-refractivity contribution is 6.30. The Morgan fingerprint density at radius 3 is 2.60 bits per heavy atom. The van der Waals surface area contributed by atoms with Crippen molar-refractivity contribution >= 4 is 29.0 Å². The minimum atomic E-state index is 0.0874. The molecule has 1 aromatic heterocycles. The summed E-state index contributed by atoms with van der Waals surface area (Å²) in [6, 6.07) is 17.6. The first-order valence-corrected chi connectivity index (χ1v) is 10.5. The lowest BCUT2D eigenvalue weighted by atomic mass is 10.1. The second-order valence-electron chi connectivity index (χ2n) is 7.72. The lowest BCUT2D eigenvalue weighted by Crippen LogP contribution is -2.35. The Bertz CT molecular complexity index is 1010. The summed E-state index contributed by atoms with van der Waals surface area (Å²) in [5, 5.41) is 8.33. The van der Waals surface area contributed by atoms with E-state index in [1.54, 1.807) is 0 Å². The van der Waals surface area contributed by atoms with Crippen LogP contribution in [-0.4, -0.2) is 61.3 Å². The van der Waals surface area contributed by atoms with Crippen LogP contribution in [0.4, 0.5) is 11.5 Å². The van der Waals surface area contributed by atoms with Gasteiger partial charge in [-0.05, 0) is 42.3 Å². The van der Waals surface area contributed by atoms with Gasteiger partial charge in [-0.15, -0.1) is 0 Å². The molecule has 1 fully saturated rings. The van der Waals surface area contributed by atoms with Gasteiger partial charge in [-0.3, -0.25) is 9.89 Å².